The van der Waals surface area contributed by atoms with E-state index in [1.54, 1.807) is 0 Å². The molecule has 102 valence electrons. The fourth-order valence-corrected chi connectivity index (χ4v) is 4.83. The van der Waals surface area contributed by atoms with Crippen molar-refractivity contribution in [2.75, 3.05) is 11.5 Å². The van der Waals surface area contributed by atoms with Crippen molar-refractivity contribution in [2.24, 2.45) is 0 Å². The topological polar surface area (TPSA) is 52.0 Å². The van der Waals surface area contributed by atoms with Gasteiger partial charge in [-0.05, 0) is 24.6 Å². The third kappa shape index (κ3) is 2.41. The van der Waals surface area contributed by atoms with Gasteiger partial charge < -0.3 is 4.57 Å². The zero-order valence-electron chi connectivity index (χ0n) is 10.0. The fraction of sp³-hybridized carbons (Fsp3) is 0.417. The smallest absolute Gasteiger partial charge is 0.152 e. The van der Waals surface area contributed by atoms with Gasteiger partial charge in [0.25, 0.3) is 0 Å². The van der Waals surface area contributed by atoms with Gasteiger partial charge in [-0.15, -0.1) is 11.6 Å². The van der Waals surface area contributed by atoms with Gasteiger partial charge in [0.05, 0.1) is 34.5 Å². The molecule has 2 heterocycles. The van der Waals surface area contributed by atoms with E-state index >= 15 is 0 Å². The quantitative estimate of drug-likeness (QED) is 0.771. The predicted octanol–water partition coefficient (Wildman–Crippen LogP) is 2.90. The van der Waals surface area contributed by atoms with Crippen LogP contribution in [0.15, 0.2) is 22.7 Å². The lowest BCUT2D eigenvalue weighted by atomic mass is 10.2. The van der Waals surface area contributed by atoms with Gasteiger partial charge in [0.2, 0.25) is 0 Å². The summed E-state index contributed by atoms with van der Waals surface area (Å²) in [4.78, 5) is 4.48. The van der Waals surface area contributed by atoms with Gasteiger partial charge in [-0.25, -0.2) is 13.4 Å². The summed E-state index contributed by atoms with van der Waals surface area (Å²) in [5, 5.41) is 0. The van der Waals surface area contributed by atoms with E-state index in [2.05, 4.69) is 20.9 Å². The number of nitrogens with zero attached hydrogens (tertiary/aromatic N) is 2. The molecular formula is C12H12BrClN2O2S. The van der Waals surface area contributed by atoms with Crippen molar-refractivity contribution >= 4 is 48.4 Å². The van der Waals surface area contributed by atoms with E-state index in [-0.39, 0.29) is 23.4 Å². The monoisotopic (exact) mass is 362 g/mol. The van der Waals surface area contributed by atoms with Gasteiger partial charge in [-0.2, -0.15) is 0 Å². The van der Waals surface area contributed by atoms with Gasteiger partial charge in [0.1, 0.15) is 5.82 Å². The van der Waals surface area contributed by atoms with E-state index in [1.807, 2.05) is 22.8 Å². The molecule has 0 aliphatic carbocycles. The van der Waals surface area contributed by atoms with Crippen molar-refractivity contribution < 1.29 is 8.42 Å². The number of aromatic nitrogens is 2. The maximum atomic E-state index is 11.7. The van der Waals surface area contributed by atoms with Crippen LogP contribution in [0.3, 0.4) is 0 Å². The minimum atomic E-state index is -2.93. The number of imidazole rings is 1. The van der Waals surface area contributed by atoms with E-state index < -0.39 is 9.84 Å². The number of alkyl halides is 1. The molecule has 0 N–H and O–H groups in total. The molecule has 1 saturated heterocycles. The Morgan fingerprint density at radius 3 is 2.89 bits per heavy atom. The number of halogens is 2. The lowest BCUT2D eigenvalue weighted by Crippen LogP contribution is -2.13. The van der Waals surface area contributed by atoms with Crippen LogP contribution in [0.25, 0.3) is 11.0 Å². The van der Waals surface area contributed by atoms with E-state index in [0.29, 0.717) is 6.42 Å². The van der Waals surface area contributed by atoms with Crippen molar-refractivity contribution in [3.8, 4) is 0 Å². The van der Waals surface area contributed by atoms with Gasteiger partial charge in [0.15, 0.2) is 9.84 Å². The highest BCUT2D eigenvalue weighted by Gasteiger charge is 2.31. The zero-order chi connectivity index (χ0) is 13.6. The van der Waals surface area contributed by atoms with E-state index in [9.17, 15) is 8.42 Å². The third-order valence-corrected chi connectivity index (χ3v) is 5.90. The Hall–Kier alpha value is -0.590. The molecule has 0 amide bonds. The van der Waals surface area contributed by atoms with Crippen molar-refractivity contribution in [3.63, 3.8) is 0 Å². The molecule has 1 fully saturated rings. The molecule has 1 aliphatic rings. The van der Waals surface area contributed by atoms with Crippen LogP contribution in [0.1, 0.15) is 18.3 Å². The Morgan fingerprint density at radius 1 is 1.47 bits per heavy atom. The Kier molecular flexibility index (Phi) is 3.35. The molecule has 1 aromatic carbocycles. The van der Waals surface area contributed by atoms with E-state index in [4.69, 9.17) is 11.6 Å². The molecule has 1 atom stereocenters. The van der Waals surface area contributed by atoms with Crippen molar-refractivity contribution in [2.45, 2.75) is 18.3 Å². The summed E-state index contributed by atoms with van der Waals surface area (Å²) >= 11 is 9.38. The van der Waals surface area contributed by atoms with Crippen molar-refractivity contribution in [1.82, 2.24) is 9.55 Å². The number of hydrogen-bond donors (Lipinski definition) is 0. The SMILES string of the molecule is O=S1(=O)CCC(n2c(CCl)nc3ccc(Br)cc32)C1. The minimum Gasteiger partial charge on any atom is -0.323 e. The van der Waals surface area contributed by atoms with Crippen LogP contribution in [0, 0.1) is 0 Å². The third-order valence-electron chi connectivity index (χ3n) is 3.42. The number of fused-ring (bicyclic) bond motifs is 1. The second kappa shape index (κ2) is 4.75. The number of benzene rings is 1. The van der Waals surface area contributed by atoms with Gasteiger partial charge >= 0.3 is 0 Å². The minimum absolute atomic E-state index is 0.0574. The molecule has 0 saturated carbocycles. The Bertz CT molecular complexity index is 742. The average Bonchev–Trinajstić information content (AvgIpc) is 2.88. The summed E-state index contributed by atoms with van der Waals surface area (Å²) in [5.41, 5.74) is 1.79. The predicted molar refractivity (Wildman–Crippen MR) is 79.3 cm³/mol. The first-order chi connectivity index (χ1) is 9.00. The number of rotatable bonds is 2. The van der Waals surface area contributed by atoms with Crippen LogP contribution in [0.5, 0.6) is 0 Å². The standard InChI is InChI=1S/C12H12BrClN2O2S/c13-8-1-2-10-11(5-8)16(12(6-14)15-10)9-3-4-19(17,18)7-9/h1-2,5,9H,3-4,6-7H2. The zero-order valence-corrected chi connectivity index (χ0v) is 13.2. The maximum absolute atomic E-state index is 11.7. The van der Waals surface area contributed by atoms with E-state index in [1.165, 1.54) is 0 Å². The summed E-state index contributed by atoms with van der Waals surface area (Å²) in [7, 11) is -2.93. The second-order valence-corrected chi connectivity index (χ2v) is 8.13. The largest absolute Gasteiger partial charge is 0.323 e. The summed E-state index contributed by atoms with van der Waals surface area (Å²) in [6, 6.07) is 5.74. The van der Waals surface area contributed by atoms with E-state index in [0.717, 1.165) is 21.3 Å². The highest BCUT2D eigenvalue weighted by Crippen LogP contribution is 2.31. The molecule has 0 bridgehead atoms. The molecule has 19 heavy (non-hydrogen) atoms. The summed E-state index contributed by atoms with van der Waals surface area (Å²) in [6.45, 7) is 0. The average molecular weight is 364 g/mol. The summed E-state index contributed by atoms with van der Waals surface area (Å²) < 4.78 is 26.3. The highest BCUT2D eigenvalue weighted by atomic mass is 79.9. The first-order valence-electron chi connectivity index (χ1n) is 5.93. The second-order valence-electron chi connectivity index (χ2n) is 4.72. The van der Waals surface area contributed by atoms with Gasteiger partial charge in [-0.3, -0.25) is 0 Å². The molecule has 7 heteroatoms. The number of hydrogen-bond acceptors (Lipinski definition) is 3. The van der Waals surface area contributed by atoms with Crippen molar-refractivity contribution in [3.05, 3.63) is 28.5 Å². The molecule has 4 nitrogen and oxygen atoms in total. The van der Waals surface area contributed by atoms with Gasteiger partial charge in [-0.1, -0.05) is 15.9 Å². The number of sulfone groups is 1. The fourth-order valence-electron chi connectivity index (χ4n) is 2.60. The molecule has 1 aliphatic heterocycles. The normalized spacial score (nSPS) is 22.1. The molecule has 1 unspecified atom stereocenters. The molecular weight excluding hydrogens is 352 g/mol. The molecule has 0 spiro atoms. The van der Waals surface area contributed by atoms with Crippen molar-refractivity contribution in [1.29, 1.82) is 0 Å². The van der Waals surface area contributed by atoms with Crippen LogP contribution in [0.4, 0.5) is 0 Å². The molecule has 2 aromatic rings. The Balaban J connectivity index is 2.18. The van der Waals surface area contributed by atoms with Crippen LogP contribution in [0.2, 0.25) is 0 Å². The first-order valence-corrected chi connectivity index (χ1v) is 9.08. The molecule has 0 radical (unpaired) electrons. The summed E-state index contributed by atoms with van der Waals surface area (Å²) in [5.74, 6) is 1.43. The Labute approximate surface area is 124 Å². The van der Waals surface area contributed by atoms with Crippen LogP contribution < -0.4 is 0 Å². The molecule has 3 rings (SSSR count). The van der Waals surface area contributed by atoms with Crippen LogP contribution >= 0.6 is 27.5 Å². The first kappa shape index (κ1) is 13.4. The highest BCUT2D eigenvalue weighted by molar-refractivity contribution is 9.10. The Morgan fingerprint density at radius 2 is 2.26 bits per heavy atom. The summed E-state index contributed by atoms with van der Waals surface area (Å²) in [6.07, 6.45) is 0.629. The van der Waals surface area contributed by atoms with Crippen LogP contribution in [-0.2, 0) is 15.7 Å². The van der Waals surface area contributed by atoms with Gasteiger partial charge in [0, 0.05) is 4.47 Å². The lowest BCUT2D eigenvalue weighted by Gasteiger charge is -2.14. The van der Waals surface area contributed by atoms with Crippen LogP contribution in [-0.4, -0.2) is 29.5 Å². The lowest BCUT2D eigenvalue weighted by molar-refractivity contribution is 0.554. The maximum Gasteiger partial charge on any atom is 0.152 e. The molecule has 1 aromatic heterocycles.